The van der Waals surface area contributed by atoms with E-state index < -0.39 is 0 Å². The molecule has 2 aromatic heterocycles. The zero-order valence-electron chi connectivity index (χ0n) is 11.7. The molecule has 0 aliphatic carbocycles. The highest BCUT2D eigenvalue weighted by Gasteiger charge is 2.31. The van der Waals surface area contributed by atoms with Crippen LogP contribution in [0.2, 0.25) is 5.02 Å². The Bertz CT molecular complexity index is 656. The van der Waals surface area contributed by atoms with Gasteiger partial charge in [-0.3, -0.25) is 9.78 Å². The molecule has 110 valence electrons. The van der Waals surface area contributed by atoms with Crippen molar-refractivity contribution >= 4 is 17.5 Å². The predicted octanol–water partition coefficient (Wildman–Crippen LogP) is 1.26. The Balaban J connectivity index is 1.93. The molecule has 1 saturated heterocycles. The molecule has 0 aromatic carbocycles. The van der Waals surface area contributed by atoms with E-state index in [0.717, 1.165) is 12.4 Å². The lowest BCUT2D eigenvalue weighted by molar-refractivity contribution is 0.0621. The van der Waals surface area contributed by atoms with Crippen molar-refractivity contribution in [2.45, 2.75) is 6.04 Å². The molecular formula is C14H16ClN5O. The van der Waals surface area contributed by atoms with E-state index in [1.807, 2.05) is 22.7 Å². The summed E-state index contributed by atoms with van der Waals surface area (Å²) in [5.41, 5.74) is 0.479. The van der Waals surface area contributed by atoms with Crippen molar-refractivity contribution in [3.05, 3.63) is 47.3 Å². The summed E-state index contributed by atoms with van der Waals surface area (Å²) in [5, 5.41) is 3.68. The van der Waals surface area contributed by atoms with Gasteiger partial charge in [-0.25, -0.2) is 4.98 Å². The van der Waals surface area contributed by atoms with Gasteiger partial charge in [-0.15, -0.1) is 0 Å². The van der Waals surface area contributed by atoms with Crippen molar-refractivity contribution in [3.8, 4) is 0 Å². The number of aryl methyl sites for hydroxylation is 1. The van der Waals surface area contributed by atoms with Gasteiger partial charge in [-0.05, 0) is 6.07 Å². The second-order valence-corrected chi connectivity index (χ2v) is 5.38. The number of carbonyl (C=O) groups is 1. The van der Waals surface area contributed by atoms with E-state index in [9.17, 15) is 4.79 Å². The Kier molecular flexibility index (Phi) is 3.90. The summed E-state index contributed by atoms with van der Waals surface area (Å²) in [6.45, 7) is 2.06. The third-order valence-corrected chi connectivity index (χ3v) is 3.96. The zero-order valence-corrected chi connectivity index (χ0v) is 12.4. The molecule has 3 heterocycles. The van der Waals surface area contributed by atoms with Gasteiger partial charge in [0.25, 0.3) is 5.91 Å². The first-order valence-electron chi connectivity index (χ1n) is 6.77. The Morgan fingerprint density at radius 2 is 2.33 bits per heavy atom. The van der Waals surface area contributed by atoms with Gasteiger partial charge >= 0.3 is 0 Å². The smallest absolute Gasteiger partial charge is 0.256 e. The number of nitrogens with zero attached hydrogens (tertiary/aromatic N) is 4. The number of halogens is 1. The van der Waals surface area contributed by atoms with Crippen LogP contribution in [-0.2, 0) is 7.05 Å². The highest BCUT2D eigenvalue weighted by Crippen LogP contribution is 2.25. The predicted molar refractivity (Wildman–Crippen MR) is 79.1 cm³/mol. The molecule has 7 heteroatoms. The van der Waals surface area contributed by atoms with E-state index in [4.69, 9.17) is 11.6 Å². The Morgan fingerprint density at radius 3 is 3.05 bits per heavy atom. The highest BCUT2D eigenvalue weighted by molar-refractivity contribution is 6.33. The van der Waals surface area contributed by atoms with Gasteiger partial charge in [0.1, 0.15) is 11.9 Å². The number of carbonyl (C=O) groups excluding carboxylic acids is 1. The van der Waals surface area contributed by atoms with Gasteiger partial charge in [0.2, 0.25) is 0 Å². The molecule has 1 aliphatic heterocycles. The molecule has 1 amide bonds. The van der Waals surface area contributed by atoms with Crippen LogP contribution in [0.25, 0.3) is 0 Å². The maximum Gasteiger partial charge on any atom is 0.256 e. The maximum atomic E-state index is 12.8. The van der Waals surface area contributed by atoms with Crippen molar-refractivity contribution in [1.29, 1.82) is 0 Å². The number of pyridine rings is 1. The van der Waals surface area contributed by atoms with Crippen LogP contribution in [0.3, 0.4) is 0 Å². The van der Waals surface area contributed by atoms with Crippen molar-refractivity contribution in [2.75, 3.05) is 19.6 Å². The Labute approximate surface area is 127 Å². The first-order chi connectivity index (χ1) is 10.2. The molecule has 0 bridgehead atoms. The quantitative estimate of drug-likeness (QED) is 0.907. The number of amides is 1. The minimum Gasteiger partial charge on any atom is -0.336 e. The summed E-state index contributed by atoms with van der Waals surface area (Å²) in [7, 11) is 1.93. The summed E-state index contributed by atoms with van der Waals surface area (Å²) >= 11 is 6.10. The maximum absolute atomic E-state index is 12.8. The van der Waals surface area contributed by atoms with Crippen molar-refractivity contribution < 1.29 is 4.79 Å². The molecule has 1 aliphatic rings. The van der Waals surface area contributed by atoms with Crippen molar-refractivity contribution in [1.82, 2.24) is 24.8 Å². The number of imidazole rings is 1. The van der Waals surface area contributed by atoms with E-state index in [1.165, 1.54) is 6.20 Å². The second kappa shape index (κ2) is 5.83. The summed E-state index contributed by atoms with van der Waals surface area (Å²) in [5.74, 6) is 0.776. The molecule has 6 nitrogen and oxygen atoms in total. The van der Waals surface area contributed by atoms with Gasteiger partial charge < -0.3 is 14.8 Å². The highest BCUT2D eigenvalue weighted by atomic mass is 35.5. The third-order valence-electron chi connectivity index (χ3n) is 3.66. The lowest BCUT2D eigenvalue weighted by atomic mass is 10.1. The monoisotopic (exact) mass is 305 g/mol. The molecule has 1 unspecified atom stereocenters. The second-order valence-electron chi connectivity index (χ2n) is 4.97. The molecule has 2 aromatic rings. The van der Waals surface area contributed by atoms with Gasteiger partial charge in [0, 0.05) is 51.5 Å². The number of nitrogens with one attached hydrogen (secondary N) is 1. The Morgan fingerprint density at radius 1 is 1.48 bits per heavy atom. The molecule has 1 atom stereocenters. The standard InChI is InChI=1S/C14H16ClN5O/c1-19-6-5-18-13(19)12-9-17-4-7-20(12)14(21)10-2-3-16-8-11(10)15/h2-3,5-6,8,12,17H,4,7,9H2,1H3. The average Bonchev–Trinajstić information content (AvgIpc) is 2.93. The van der Waals surface area contributed by atoms with Crippen LogP contribution in [0.15, 0.2) is 30.9 Å². The van der Waals surface area contributed by atoms with Crippen molar-refractivity contribution in [2.24, 2.45) is 7.05 Å². The van der Waals surface area contributed by atoms with Crippen LogP contribution in [0, 0.1) is 0 Å². The van der Waals surface area contributed by atoms with E-state index in [2.05, 4.69) is 15.3 Å². The van der Waals surface area contributed by atoms with Crippen LogP contribution in [0.1, 0.15) is 22.2 Å². The topological polar surface area (TPSA) is 63.1 Å². The molecule has 0 spiro atoms. The van der Waals surface area contributed by atoms with E-state index in [1.54, 1.807) is 18.5 Å². The summed E-state index contributed by atoms with van der Waals surface area (Å²) < 4.78 is 1.94. The molecular weight excluding hydrogens is 290 g/mol. The summed E-state index contributed by atoms with van der Waals surface area (Å²) in [6.07, 6.45) is 6.70. The first kappa shape index (κ1) is 14.0. The lowest BCUT2D eigenvalue weighted by Crippen LogP contribution is -2.49. The normalized spacial score (nSPS) is 18.8. The fraction of sp³-hybridized carbons (Fsp3) is 0.357. The van der Waals surface area contributed by atoms with Crippen molar-refractivity contribution in [3.63, 3.8) is 0 Å². The van der Waals surface area contributed by atoms with Gasteiger partial charge in [-0.2, -0.15) is 0 Å². The average molecular weight is 306 g/mol. The van der Waals surface area contributed by atoms with E-state index in [-0.39, 0.29) is 11.9 Å². The lowest BCUT2D eigenvalue weighted by Gasteiger charge is -2.35. The van der Waals surface area contributed by atoms with Crippen LogP contribution >= 0.6 is 11.6 Å². The number of piperazine rings is 1. The molecule has 0 radical (unpaired) electrons. The fourth-order valence-electron chi connectivity index (χ4n) is 2.58. The SMILES string of the molecule is Cn1ccnc1C1CNCCN1C(=O)c1ccncc1Cl. The zero-order chi connectivity index (χ0) is 14.8. The minimum atomic E-state index is -0.101. The van der Waals surface area contributed by atoms with E-state index in [0.29, 0.717) is 23.7 Å². The summed E-state index contributed by atoms with van der Waals surface area (Å²) in [6, 6.07) is 1.55. The molecule has 1 N–H and O–H groups in total. The molecule has 3 rings (SSSR count). The number of hydrogen-bond donors (Lipinski definition) is 1. The molecule has 0 saturated carbocycles. The molecule has 1 fully saturated rings. The number of aromatic nitrogens is 3. The minimum absolute atomic E-state index is 0.0862. The van der Waals surface area contributed by atoms with Crippen LogP contribution in [0.5, 0.6) is 0 Å². The molecule has 21 heavy (non-hydrogen) atoms. The fourth-order valence-corrected chi connectivity index (χ4v) is 2.78. The van der Waals surface area contributed by atoms with Gasteiger partial charge in [-0.1, -0.05) is 11.6 Å². The van der Waals surface area contributed by atoms with Crippen LogP contribution in [-0.4, -0.2) is 45.0 Å². The number of rotatable bonds is 2. The third kappa shape index (κ3) is 2.64. The first-order valence-corrected chi connectivity index (χ1v) is 7.14. The summed E-state index contributed by atoms with van der Waals surface area (Å²) in [4.78, 5) is 22.9. The Hall–Kier alpha value is -1.92. The van der Waals surface area contributed by atoms with Gasteiger partial charge in [0.15, 0.2) is 0 Å². The van der Waals surface area contributed by atoms with Gasteiger partial charge in [0.05, 0.1) is 10.6 Å². The van der Waals surface area contributed by atoms with Crippen LogP contribution < -0.4 is 5.32 Å². The van der Waals surface area contributed by atoms with Crippen LogP contribution in [0.4, 0.5) is 0 Å². The number of hydrogen-bond acceptors (Lipinski definition) is 4. The van der Waals surface area contributed by atoms with E-state index >= 15 is 0 Å². The largest absolute Gasteiger partial charge is 0.336 e.